The smallest absolute Gasteiger partial charge is 0.339 e. The molecule has 0 aliphatic rings. The van der Waals surface area contributed by atoms with Crippen LogP contribution in [0.4, 0.5) is 0 Å². The Morgan fingerprint density at radius 2 is 1.94 bits per heavy atom. The van der Waals surface area contributed by atoms with E-state index in [1.54, 1.807) is 12.1 Å². The molecule has 0 saturated heterocycles. The molecule has 0 aliphatic heterocycles. The van der Waals surface area contributed by atoms with Crippen molar-refractivity contribution in [2.75, 3.05) is 7.11 Å². The molecule has 0 aromatic heterocycles. The molecule has 5 heteroatoms. The second kappa shape index (κ2) is 4.57. The summed E-state index contributed by atoms with van der Waals surface area (Å²) < 4.78 is 10.7. The second-order valence-corrected chi connectivity index (χ2v) is 8.81. The highest BCUT2D eigenvalue weighted by Gasteiger charge is 2.18. The molecule has 0 spiro atoms. The van der Waals surface area contributed by atoms with E-state index in [0.717, 1.165) is 0 Å². The lowest BCUT2D eigenvalue weighted by atomic mass is 10.2. The van der Waals surface area contributed by atoms with Crippen LogP contribution >= 0.6 is 0 Å². The number of hydrogen-bond donors (Lipinski definition) is 1. The number of carboxylic acids is 1. The molecule has 0 unspecified atom stereocenters. The SMILES string of the molecule is COc1ccc(O[Si](C)(C)C)cc1C(=O)O. The molecule has 88 valence electrons. The van der Waals surface area contributed by atoms with Gasteiger partial charge in [-0.05, 0) is 37.8 Å². The number of carboxylic acid groups (broad SMARTS) is 1. The molecule has 0 aliphatic carbocycles. The Bertz CT molecular complexity index is 395. The molecule has 0 heterocycles. The first-order valence-corrected chi connectivity index (χ1v) is 8.34. The molecule has 0 atom stereocenters. The molecule has 0 radical (unpaired) electrons. The highest BCUT2D eigenvalue weighted by atomic mass is 28.4. The maximum atomic E-state index is 11.0. The summed E-state index contributed by atoms with van der Waals surface area (Å²) >= 11 is 0. The normalized spacial score (nSPS) is 11.0. The summed E-state index contributed by atoms with van der Waals surface area (Å²) in [6.07, 6.45) is 0. The first-order valence-electron chi connectivity index (χ1n) is 4.94. The third-order valence-electron chi connectivity index (χ3n) is 1.83. The molecule has 1 N–H and O–H groups in total. The predicted octanol–water partition coefficient (Wildman–Crippen LogP) is 2.61. The zero-order valence-corrected chi connectivity index (χ0v) is 10.9. The molecule has 16 heavy (non-hydrogen) atoms. The van der Waals surface area contributed by atoms with Gasteiger partial charge in [-0.1, -0.05) is 0 Å². The highest BCUT2D eigenvalue weighted by Crippen LogP contribution is 2.25. The van der Waals surface area contributed by atoms with Gasteiger partial charge in [-0.25, -0.2) is 4.79 Å². The fraction of sp³-hybridized carbons (Fsp3) is 0.364. The van der Waals surface area contributed by atoms with Crippen LogP contribution in [-0.2, 0) is 0 Å². The Morgan fingerprint density at radius 3 is 2.38 bits per heavy atom. The van der Waals surface area contributed by atoms with Crippen LogP contribution < -0.4 is 9.16 Å². The van der Waals surface area contributed by atoms with Gasteiger partial charge >= 0.3 is 5.97 Å². The monoisotopic (exact) mass is 240 g/mol. The van der Waals surface area contributed by atoms with E-state index < -0.39 is 14.3 Å². The van der Waals surface area contributed by atoms with Gasteiger partial charge in [0.15, 0.2) is 0 Å². The first kappa shape index (κ1) is 12.6. The minimum Gasteiger partial charge on any atom is -0.544 e. The van der Waals surface area contributed by atoms with E-state index in [1.165, 1.54) is 13.2 Å². The van der Waals surface area contributed by atoms with Gasteiger partial charge in [-0.15, -0.1) is 0 Å². The van der Waals surface area contributed by atoms with E-state index in [1.807, 2.05) is 19.6 Å². The third kappa shape index (κ3) is 3.27. The lowest BCUT2D eigenvalue weighted by Crippen LogP contribution is -2.29. The summed E-state index contributed by atoms with van der Waals surface area (Å²) in [6, 6.07) is 4.84. The van der Waals surface area contributed by atoms with Gasteiger partial charge < -0.3 is 14.3 Å². The van der Waals surface area contributed by atoms with Crippen molar-refractivity contribution in [1.82, 2.24) is 0 Å². The molecular formula is C11H16O4Si. The minimum absolute atomic E-state index is 0.123. The zero-order valence-electron chi connectivity index (χ0n) is 9.90. The van der Waals surface area contributed by atoms with E-state index in [0.29, 0.717) is 11.5 Å². The van der Waals surface area contributed by atoms with E-state index in [-0.39, 0.29) is 5.56 Å². The zero-order chi connectivity index (χ0) is 12.3. The number of ether oxygens (including phenoxy) is 1. The maximum absolute atomic E-state index is 11.0. The van der Waals surface area contributed by atoms with Gasteiger partial charge in [0.1, 0.15) is 17.1 Å². The Labute approximate surface area is 95.9 Å². The summed E-state index contributed by atoms with van der Waals surface area (Å²) in [6.45, 7) is 6.12. The molecule has 0 amide bonds. The van der Waals surface area contributed by atoms with Crippen LogP contribution in [0.5, 0.6) is 11.5 Å². The van der Waals surface area contributed by atoms with Crippen molar-refractivity contribution in [3.8, 4) is 11.5 Å². The highest BCUT2D eigenvalue weighted by molar-refractivity contribution is 6.70. The van der Waals surface area contributed by atoms with Crippen molar-refractivity contribution in [2.24, 2.45) is 0 Å². The van der Waals surface area contributed by atoms with Gasteiger partial charge in [0.2, 0.25) is 8.32 Å². The molecule has 1 aromatic carbocycles. The average molecular weight is 240 g/mol. The number of aromatic carboxylic acids is 1. The molecule has 0 saturated carbocycles. The number of carbonyl (C=O) groups is 1. The molecule has 1 aromatic rings. The summed E-state index contributed by atoms with van der Waals surface area (Å²) in [5, 5.41) is 9.00. The van der Waals surface area contributed by atoms with Gasteiger partial charge in [0, 0.05) is 0 Å². The maximum Gasteiger partial charge on any atom is 0.339 e. The first-order chi connectivity index (χ1) is 7.33. The minimum atomic E-state index is -1.72. The third-order valence-corrected chi connectivity index (χ3v) is 2.67. The van der Waals surface area contributed by atoms with Gasteiger partial charge in [-0.2, -0.15) is 0 Å². The Hall–Kier alpha value is -1.49. The Balaban J connectivity index is 3.07. The Kier molecular flexibility index (Phi) is 3.59. The van der Waals surface area contributed by atoms with Crippen LogP contribution in [0.15, 0.2) is 18.2 Å². The Morgan fingerprint density at radius 1 is 1.31 bits per heavy atom. The molecule has 0 fully saturated rings. The fourth-order valence-corrected chi connectivity index (χ4v) is 2.11. The largest absolute Gasteiger partial charge is 0.544 e. The van der Waals surface area contributed by atoms with Crippen LogP contribution in [0.3, 0.4) is 0 Å². The van der Waals surface area contributed by atoms with Crippen molar-refractivity contribution < 1.29 is 19.1 Å². The number of benzene rings is 1. The molecule has 0 bridgehead atoms. The summed E-state index contributed by atoms with van der Waals surface area (Å²) in [5.41, 5.74) is 0.123. The van der Waals surface area contributed by atoms with Crippen molar-refractivity contribution in [3.63, 3.8) is 0 Å². The summed E-state index contributed by atoms with van der Waals surface area (Å²) in [4.78, 5) is 11.0. The quantitative estimate of drug-likeness (QED) is 0.822. The fourth-order valence-electron chi connectivity index (χ4n) is 1.27. The lowest BCUT2D eigenvalue weighted by molar-refractivity contribution is 0.0693. The van der Waals surface area contributed by atoms with Gasteiger partial charge in [0.25, 0.3) is 0 Å². The number of methoxy groups -OCH3 is 1. The van der Waals surface area contributed by atoms with Gasteiger partial charge in [0.05, 0.1) is 7.11 Å². The standard InChI is InChI=1S/C11H16O4Si/c1-14-10-6-5-8(15-16(2,3)4)7-9(10)11(12)13/h5-7H,1-4H3,(H,12,13). The van der Waals surface area contributed by atoms with Crippen LogP contribution in [0.1, 0.15) is 10.4 Å². The topological polar surface area (TPSA) is 55.8 Å². The van der Waals surface area contributed by atoms with Crippen molar-refractivity contribution in [1.29, 1.82) is 0 Å². The van der Waals surface area contributed by atoms with Gasteiger partial charge in [-0.3, -0.25) is 0 Å². The van der Waals surface area contributed by atoms with E-state index >= 15 is 0 Å². The van der Waals surface area contributed by atoms with Crippen LogP contribution in [0, 0.1) is 0 Å². The van der Waals surface area contributed by atoms with E-state index in [4.69, 9.17) is 14.3 Å². The number of rotatable bonds is 4. The van der Waals surface area contributed by atoms with Crippen LogP contribution in [0.2, 0.25) is 19.6 Å². The lowest BCUT2D eigenvalue weighted by Gasteiger charge is -2.19. The molecule has 4 nitrogen and oxygen atoms in total. The predicted molar refractivity (Wildman–Crippen MR) is 63.9 cm³/mol. The average Bonchev–Trinajstić information content (AvgIpc) is 2.15. The van der Waals surface area contributed by atoms with Crippen LogP contribution in [0.25, 0.3) is 0 Å². The van der Waals surface area contributed by atoms with Crippen molar-refractivity contribution in [2.45, 2.75) is 19.6 Å². The van der Waals surface area contributed by atoms with Crippen molar-refractivity contribution >= 4 is 14.3 Å². The molecular weight excluding hydrogens is 224 g/mol. The summed E-state index contributed by atoms with van der Waals surface area (Å²) in [5.74, 6) is -0.0920. The van der Waals surface area contributed by atoms with E-state index in [2.05, 4.69) is 0 Å². The molecule has 1 rings (SSSR count). The van der Waals surface area contributed by atoms with Crippen LogP contribution in [-0.4, -0.2) is 26.5 Å². The second-order valence-electron chi connectivity index (χ2n) is 4.38. The number of hydrogen-bond acceptors (Lipinski definition) is 3. The van der Waals surface area contributed by atoms with E-state index in [9.17, 15) is 4.79 Å². The summed E-state index contributed by atoms with van der Waals surface area (Å²) in [7, 11) is -0.272. The van der Waals surface area contributed by atoms with Crippen molar-refractivity contribution in [3.05, 3.63) is 23.8 Å².